The number of hydrogen-bond acceptors (Lipinski definition) is 4. The largest absolute Gasteiger partial charge is 0.465 e. The molecular formula is C13H16FNO3. The van der Waals surface area contributed by atoms with Crippen molar-refractivity contribution >= 4 is 11.8 Å². The second kappa shape index (κ2) is 6.83. The van der Waals surface area contributed by atoms with Gasteiger partial charge >= 0.3 is 5.97 Å². The van der Waals surface area contributed by atoms with E-state index in [1.807, 2.05) is 6.92 Å². The molecule has 0 saturated heterocycles. The number of nitrogens with zero attached hydrogens (tertiary/aromatic N) is 1. The molecule has 0 bridgehead atoms. The van der Waals surface area contributed by atoms with Gasteiger partial charge in [-0.3, -0.25) is 14.6 Å². The van der Waals surface area contributed by atoms with E-state index in [0.29, 0.717) is 12.8 Å². The fourth-order valence-corrected chi connectivity index (χ4v) is 1.65. The lowest BCUT2D eigenvalue weighted by Gasteiger charge is -2.13. The van der Waals surface area contributed by atoms with Crippen molar-refractivity contribution in [2.75, 3.05) is 6.61 Å². The lowest BCUT2D eigenvalue weighted by atomic mass is 9.94. The summed E-state index contributed by atoms with van der Waals surface area (Å²) in [6.07, 6.45) is 3.27. The van der Waals surface area contributed by atoms with Crippen LogP contribution >= 0.6 is 0 Å². The van der Waals surface area contributed by atoms with E-state index in [1.165, 1.54) is 12.3 Å². The molecule has 1 rings (SSSR count). The Balaban J connectivity index is 2.96. The summed E-state index contributed by atoms with van der Waals surface area (Å²) >= 11 is 0. The Kier molecular flexibility index (Phi) is 5.42. The maximum Gasteiger partial charge on any atom is 0.316 e. The van der Waals surface area contributed by atoms with Gasteiger partial charge in [-0.25, -0.2) is 4.39 Å². The van der Waals surface area contributed by atoms with Gasteiger partial charge in [0.1, 0.15) is 5.92 Å². The third kappa shape index (κ3) is 3.35. The van der Waals surface area contributed by atoms with Crippen LogP contribution in [0.2, 0.25) is 0 Å². The van der Waals surface area contributed by atoms with E-state index in [1.54, 1.807) is 6.92 Å². The minimum Gasteiger partial charge on any atom is -0.465 e. The predicted octanol–water partition coefficient (Wildman–Crippen LogP) is 2.38. The van der Waals surface area contributed by atoms with Gasteiger partial charge in [0.2, 0.25) is 0 Å². The first kappa shape index (κ1) is 14.3. The molecule has 1 aromatic heterocycles. The molecule has 1 atom stereocenters. The van der Waals surface area contributed by atoms with Crippen LogP contribution in [-0.4, -0.2) is 23.3 Å². The first-order chi connectivity index (χ1) is 8.61. The second-order valence-corrected chi connectivity index (χ2v) is 3.81. The molecule has 1 heterocycles. The van der Waals surface area contributed by atoms with Crippen molar-refractivity contribution in [2.45, 2.75) is 26.7 Å². The van der Waals surface area contributed by atoms with Crippen LogP contribution in [0, 0.1) is 11.7 Å². The SMILES string of the molecule is CCCC(C(=O)OCC)C(=O)c1ccncc1F. The molecule has 0 saturated carbocycles. The van der Waals surface area contributed by atoms with Crippen LogP contribution in [0.4, 0.5) is 4.39 Å². The summed E-state index contributed by atoms with van der Waals surface area (Å²) < 4.78 is 18.3. The van der Waals surface area contributed by atoms with Crippen LogP contribution in [-0.2, 0) is 9.53 Å². The van der Waals surface area contributed by atoms with Crippen LogP contribution in [0.3, 0.4) is 0 Å². The van der Waals surface area contributed by atoms with Crippen molar-refractivity contribution < 1.29 is 18.7 Å². The second-order valence-electron chi connectivity index (χ2n) is 3.81. The predicted molar refractivity (Wildman–Crippen MR) is 63.6 cm³/mol. The zero-order valence-electron chi connectivity index (χ0n) is 10.5. The van der Waals surface area contributed by atoms with Gasteiger partial charge in [0.15, 0.2) is 11.6 Å². The summed E-state index contributed by atoms with van der Waals surface area (Å²) in [5.74, 6) is -2.80. The van der Waals surface area contributed by atoms with E-state index in [2.05, 4.69) is 4.98 Å². The third-order valence-corrected chi connectivity index (χ3v) is 2.50. The number of rotatable bonds is 6. The molecule has 0 aromatic carbocycles. The number of halogens is 1. The minimum absolute atomic E-state index is 0.114. The monoisotopic (exact) mass is 253 g/mol. The molecule has 18 heavy (non-hydrogen) atoms. The molecule has 0 N–H and O–H groups in total. The van der Waals surface area contributed by atoms with E-state index in [-0.39, 0.29) is 12.2 Å². The zero-order chi connectivity index (χ0) is 13.5. The summed E-state index contributed by atoms with van der Waals surface area (Å²) in [6.45, 7) is 3.71. The smallest absolute Gasteiger partial charge is 0.316 e. The fraction of sp³-hybridized carbons (Fsp3) is 0.462. The topological polar surface area (TPSA) is 56.3 Å². The highest BCUT2D eigenvalue weighted by atomic mass is 19.1. The molecule has 0 aliphatic heterocycles. The summed E-state index contributed by atoms with van der Waals surface area (Å²) in [5.41, 5.74) is -0.114. The zero-order valence-corrected chi connectivity index (χ0v) is 10.5. The number of carbonyl (C=O) groups excluding carboxylic acids is 2. The number of carbonyl (C=O) groups is 2. The highest BCUT2D eigenvalue weighted by molar-refractivity contribution is 6.08. The van der Waals surface area contributed by atoms with Crippen molar-refractivity contribution in [3.05, 3.63) is 29.8 Å². The van der Waals surface area contributed by atoms with E-state index in [0.717, 1.165) is 6.20 Å². The highest BCUT2D eigenvalue weighted by Gasteiger charge is 2.29. The van der Waals surface area contributed by atoms with Crippen molar-refractivity contribution in [3.63, 3.8) is 0 Å². The number of ketones is 1. The Morgan fingerprint density at radius 2 is 2.17 bits per heavy atom. The van der Waals surface area contributed by atoms with Crippen molar-refractivity contribution in [3.8, 4) is 0 Å². The number of pyridine rings is 1. The molecule has 0 fully saturated rings. The molecule has 98 valence electrons. The van der Waals surface area contributed by atoms with Gasteiger partial charge in [-0.1, -0.05) is 13.3 Å². The molecule has 1 unspecified atom stereocenters. The third-order valence-electron chi connectivity index (χ3n) is 2.50. The lowest BCUT2D eigenvalue weighted by molar-refractivity contribution is -0.146. The summed E-state index contributed by atoms with van der Waals surface area (Å²) in [5, 5.41) is 0. The normalized spacial score (nSPS) is 11.9. The van der Waals surface area contributed by atoms with E-state index < -0.39 is 23.5 Å². The van der Waals surface area contributed by atoms with Gasteiger partial charge in [-0.2, -0.15) is 0 Å². The van der Waals surface area contributed by atoms with Crippen LogP contribution in [0.15, 0.2) is 18.5 Å². The average molecular weight is 253 g/mol. The first-order valence-electron chi connectivity index (χ1n) is 5.92. The van der Waals surface area contributed by atoms with E-state index in [9.17, 15) is 14.0 Å². The molecule has 4 nitrogen and oxygen atoms in total. The quantitative estimate of drug-likeness (QED) is 0.443. The van der Waals surface area contributed by atoms with Gasteiger partial charge < -0.3 is 4.74 Å². The molecule has 0 radical (unpaired) electrons. The molecule has 5 heteroatoms. The van der Waals surface area contributed by atoms with Gasteiger partial charge in [0.25, 0.3) is 0 Å². The Bertz CT molecular complexity index is 434. The minimum atomic E-state index is -0.938. The van der Waals surface area contributed by atoms with Crippen molar-refractivity contribution in [1.82, 2.24) is 4.98 Å². The number of Topliss-reactive ketones (excluding diaryl/α,β-unsaturated/α-hetero) is 1. The number of esters is 1. The maximum absolute atomic E-state index is 13.5. The number of aromatic nitrogens is 1. The van der Waals surface area contributed by atoms with Crippen molar-refractivity contribution in [1.29, 1.82) is 0 Å². The van der Waals surface area contributed by atoms with Gasteiger partial charge in [0.05, 0.1) is 18.4 Å². The highest BCUT2D eigenvalue weighted by Crippen LogP contribution is 2.18. The molecule has 0 spiro atoms. The summed E-state index contributed by atoms with van der Waals surface area (Å²) in [4.78, 5) is 27.4. The number of ether oxygens (including phenoxy) is 1. The average Bonchev–Trinajstić information content (AvgIpc) is 2.36. The van der Waals surface area contributed by atoms with Gasteiger partial charge in [-0.15, -0.1) is 0 Å². The Labute approximate surface area is 105 Å². The fourth-order valence-electron chi connectivity index (χ4n) is 1.65. The van der Waals surface area contributed by atoms with E-state index >= 15 is 0 Å². The Hall–Kier alpha value is -1.78. The maximum atomic E-state index is 13.5. The molecular weight excluding hydrogens is 237 g/mol. The van der Waals surface area contributed by atoms with Crippen molar-refractivity contribution in [2.24, 2.45) is 5.92 Å². The summed E-state index contributed by atoms with van der Waals surface area (Å²) in [7, 11) is 0. The molecule has 0 aliphatic carbocycles. The standard InChI is InChI=1S/C13H16FNO3/c1-3-5-10(13(17)18-4-2)12(16)9-6-7-15-8-11(9)14/h6-8,10H,3-5H2,1-2H3. The first-order valence-corrected chi connectivity index (χ1v) is 5.92. The molecule has 1 aromatic rings. The Morgan fingerprint density at radius 3 is 2.72 bits per heavy atom. The Morgan fingerprint density at radius 1 is 1.44 bits per heavy atom. The van der Waals surface area contributed by atoms with E-state index in [4.69, 9.17) is 4.74 Å². The summed E-state index contributed by atoms with van der Waals surface area (Å²) in [6, 6.07) is 1.28. The van der Waals surface area contributed by atoms with Crippen LogP contribution in [0.25, 0.3) is 0 Å². The van der Waals surface area contributed by atoms with Crippen LogP contribution in [0.1, 0.15) is 37.0 Å². The number of hydrogen-bond donors (Lipinski definition) is 0. The lowest BCUT2D eigenvalue weighted by Crippen LogP contribution is -2.27. The molecule has 0 aliphatic rings. The van der Waals surface area contributed by atoms with Crippen LogP contribution < -0.4 is 0 Å². The van der Waals surface area contributed by atoms with Gasteiger partial charge in [-0.05, 0) is 19.4 Å². The van der Waals surface area contributed by atoms with Crippen LogP contribution in [0.5, 0.6) is 0 Å². The molecule has 0 amide bonds. The van der Waals surface area contributed by atoms with Gasteiger partial charge in [0, 0.05) is 6.20 Å².